The van der Waals surface area contributed by atoms with Gasteiger partial charge in [-0.2, -0.15) is 0 Å². The summed E-state index contributed by atoms with van der Waals surface area (Å²) in [5.74, 6) is 0. The van der Waals surface area contributed by atoms with E-state index in [2.05, 4.69) is 0 Å². The first-order chi connectivity index (χ1) is 17.6. The molecule has 0 aliphatic carbocycles. The van der Waals surface area contributed by atoms with E-state index in [1.807, 2.05) is 0 Å². The van der Waals surface area contributed by atoms with E-state index in [0.717, 1.165) is 0 Å². The molecule has 0 saturated heterocycles. The average Bonchev–Trinajstić information content (AvgIpc) is 2.86. The van der Waals surface area contributed by atoms with Gasteiger partial charge in [0.25, 0.3) is 34.1 Å². The van der Waals surface area contributed by atoms with Crippen LogP contribution in [0.4, 0.5) is 34.1 Å². The molecule has 0 aromatic heterocycles. The zero-order valence-corrected chi connectivity index (χ0v) is 19.0. The van der Waals surface area contributed by atoms with Crippen molar-refractivity contribution < 1.29 is 34.1 Å². The first-order valence-electron chi connectivity index (χ1n) is 9.58. The Morgan fingerprint density at radius 1 is 0.368 bits per heavy atom. The molecule has 20 heteroatoms. The van der Waals surface area contributed by atoms with Crippen LogP contribution >= 0.6 is 7.14 Å². The Morgan fingerprint density at radius 3 is 0.658 bits per heavy atom. The SMILES string of the molecule is O=[N+]([O-])c1cc([N+](=O)[O-])cc(P(=O)(c2cc([N+](=O)[O-])cc([N+](=O)[O-])c2)c2cc([N+](=O)[O-])cc([N+](=O)[O-])c2)c1. The Balaban J connectivity index is 2.60. The molecular weight excluding hydrogens is 539 g/mol. The van der Waals surface area contributed by atoms with Crippen LogP contribution in [0.2, 0.25) is 0 Å². The fourth-order valence-corrected chi connectivity index (χ4v) is 6.14. The van der Waals surface area contributed by atoms with Crippen LogP contribution in [0.5, 0.6) is 0 Å². The predicted molar refractivity (Wildman–Crippen MR) is 126 cm³/mol. The minimum Gasteiger partial charge on any atom is -0.309 e. The molecule has 194 valence electrons. The topological polar surface area (TPSA) is 276 Å². The monoisotopic (exact) mass is 548 g/mol. The van der Waals surface area contributed by atoms with E-state index in [0.29, 0.717) is 54.6 Å². The lowest BCUT2D eigenvalue weighted by atomic mass is 10.3. The molecule has 3 rings (SSSR count). The fraction of sp³-hybridized carbons (Fsp3) is 0. The third-order valence-electron chi connectivity index (χ3n) is 5.02. The van der Waals surface area contributed by atoms with Crippen molar-refractivity contribution in [3.05, 3.63) is 115 Å². The van der Waals surface area contributed by atoms with Crippen LogP contribution in [-0.4, -0.2) is 29.5 Å². The van der Waals surface area contributed by atoms with Crippen LogP contribution < -0.4 is 15.9 Å². The molecule has 0 fully saturated rings. The standard InChI is InChI=1S/C18H9N6O13P/c25-19(26)10-1-11(20(27)28)5-16(4-10)38(37,17-6-12(21(29)30)2-13(7-17)22(31)32)18-8-14(23(33)34)3-15(9-18)24(35)36/h1-9H. The van der Waals surface area contributed by atoms with E-state index in [-0.39, 0.29) is 0 Å². The van der Waals surface area contributed by atoms with E-state index in [1.165, 1.54) is 0 Å². The van der Waals surface area contributed by atoms with E-state index >= 15 is 0 Å². The molecule has 0 aliphatic heterocycles. The highest BCUT2D eigenvalue weighted by atomic mass is 31.2. The summed E-state index contributed by atoms with van der Waals surface area (Å²) in [6, 6.07) is 4.81. The Bertz CT molecular complexity index is 1350. The maximum Gasteiger partial charge on any atom is 0.277 e. The summed E-state index contributed by atoms with van der Waals surface area (Å²) in [5.41, 5.74) is -5.95. The third-order valence-corrected chi connectivity index (χ3v) is 7.97. The van der Waals surface area contributed by atoms with Crippen molar-refractivity contribution in [1.82, 2.24) is 0 Å². The van der Waals surface area contributed by atoms with Gasteiger partial charge < -0.3 is 4.57 Å². The van der Waals surface area contributed by atoms with Crippen molar-refractivity contribution in [2.24, 2.45) is 0 Å². The zero-order chi connectivity index (χ0) is 28.5. The summed E-state index contributed by atoms with van der Waals surface area (Å²) in [5, 5.41) is 66.2. The number of nitro groups is 6. The molecule has 0 radical (unpaired) electrons. The number of nitro benzene ring substituents is 6. The second kappa shape index (κ2) is 9.74. The molecule has 38 heavy (non-hydrogen) atoms. The third kappa shape index (κ3) is 4.97. The molecule has 0 bridgehead atoms. The molecule has 19 nitrogen and oxygen atoms in total. The van der Waals surface area contributed by atoms with Crippen molar-refractivity contribution in [1.29, 1.82) is 0 Å². The minimum atomic E-state index is -5.00. The van der Waals surface area contributed by atoms with Crippen molar-refractivity contribution in [2.45, 2.75) is 0 Å². The van der Waals surface area contributed by atoms with Gasteiger partial charge in [-0.05, 0) is 0 Å². The first-order valence-corrected chi connectivity index (χ1v) is 11.3. The molecule has 0 aliphatic rings. The summed E-state index contributed by atoms with van der Waals surface area (Å²) in [6.45, 7) is 0. The van der Waals surface area contributed by atoms with Crippen LogP contribution in [0.15, 0.2) is 54.6 Å². The minimum absolute atomic E-state index is 0.486. The molecule has 3 aromatic rings. The second-order valence-electron chi connectivity index (χ2n) is 7.27. The second-order valence-corrected chi connectivity index (χ2v) is 10.0. The molecule has 0 saturated carbocycles. The van der Waals surface area contributed by atoms with Crippen LogP contribution in [0, 0.1) is 60.7 Å². The van der Waals surface area contributed by atoms with Crippen molar-refractivity contribution in [3.63, 3.8) is 0 Å². The van der Waals surface area contributed by atoms with Crippen molar-refractivity contribution in [3.8, 4) is 0 Å². The number of rotatable bonds is 9. The average molecular weight is 548 g/mol. The Morgan fingerprint density at radius 2 is 0.526 bits per heavy atom. The molecule has 0 unspecified atom stereocenters. The zero-order valence-electron chi connectivity index (χ0n) is 18.1. The van der Waals surface area contributed by atoms with Gasteiger partial charge in [-0.25, -0.2) is 0 Å². The predicted octanol–water partition coefficient (Wildman–Crippen LogP) is 2.78. The van der Waals surface area contributed by atoms with Crippen molar-refractivity contribution in [2.75, 3.05) is 0 Å². The summed E-state index contributed by atoms with van der Waals surface area (Å²) < 4.78 is 14.7. The maximum absolute atomic E-state index is 14.7. The van der Waals surface area contributed by atoms with Gasteiger partial charge in [-0.15, -0.1) is 0 Å². The van der Waals surface area contributed by atoms with Gasteiger partial charge in [0, 0.05) is 52.3 Å². The maximum atomic E-state index is 14.7. The summed E-state index contributed by atoms with van der Waals surface area (Å²) in [7, 11) is -5.00. The Kier molecular flexibility index (Phi) is 6.89. The van der Waals surface area contributed by atoms with E-state index < -0.39 is 86.7 Å². The quantitative estimate of drug-likeness (QED) is 0.211. The lowest BCUT2D eigenvalue weighted by molar-refractivity contribution is -0.394. The van der Waals surface area contributed by atoms with E-state index in [4.69, 9.17) is 0 Å². The number of benzene rings is 3. The number of non-ortho nitro benzene ring substituents is 6. The number of nitrogens with zero attached hydrogens (tertiary/aromatic N) is 6. The Hall–Kier alpha value is -5.71. The largest absolute Gasteiger partial charge is 0.309 e. The van der Waals surface area contributed by atoms with E-state index in [1.54, 1.807) is 0 Å². The Labute approximate surface area is 207 Å². The lowest BCUT2D eigenvalue weighted by Crippen LogP contribution is -2.26. The van der Waals surface area contributed by atoms with Gasteiger partial charge >= 0.3 is 0 Å². The molecule has 0 atom stereocenters. The van der Waals surface area contributed by atoms with Crippen LogP contribution in [-0.2, 0) is 4.57 Å². The van der Waals surface area contributed by atoms with Gasteiger partial charge in [-0.3, -0.25) is 60.7 Å². The normalized spacial score (nSPS) is 10.9. The molecule has 0 heterocycles. The highest BCUT2D eigenvalue weighted by Crippen LogP contribution is 2.47. The smallest absolute Gasteiger partial charge is 0.277 e. The van der Waals surface area contributed by atoms with Gasteiger partial charge in [-0.1, -0.05) is 0 Å². The molecule has 0 amide bonds. The molecular formula is C18H9N6O13P. The van der Waals surface area contributed by atoms with Gasteiger partial charge in [0.1, 0.15) is 0 Å². The number of hydrogen-bond acceptors (Lipinski definition) is 13. The number of hydrogen-bond donors (Lipinski definition) is 0. The van der Waals surface area contributed by atoms with Gasteiger partial charge in [0.05, 0.1) is 47.7 Å². The first kappa shape index (κ1) is 26.9. The van der Waals surface area contributed by atoms with Crippen LogP contribution in [0.1, 0.15) is 0 Å². The summed E-state index contributed by atoms with van der Waals surface area (Å²) >= 11 is 0. The van der Waals surface area contributed by atoms with Crippen molar-refractivity contribution >= 4 is 57.2 Å². The van der Waals surface area contributed by atoms with Crippen LogP contribution in [0.25, 0.3) is 0 Å². The molecule has 0 spiro atoms. The van der Waals surface area contributed by atoms with Crippen LogP contribution in [0.3, 0.4) is 0 Å². The highest BCUT2D eigenvalue weighted by molar-refractivity contribution is 7.85. The van der Waals surface area contributed by atoms with Gasteiger partial charge in [0.15, 0.2) is 7.14 Å². The highest BCUT2D eigenvalue weighted by Gasteiger charge is 2.38. The molecule has 3 aromatic carbocycles. The summed E-state index contributed by atoms with van der Waals surface area (Å²) in [4.78, 5) is 62.0. The fourth-order valence-electron chi connectivity index (χ4n) is 3.36. The molecule has 0 N–H and O–H groups in total. The van der Waals surface area contributed by atoms with Gasteiger partial charge in [0.2, 0.25) is 0 Å². The van der Waals surface area contributed by atoms with E-state index in [9.17, 15) is 65.3 Å². The lowest BCUT2D eigenvalue weighted by Gasteiger charge is -2.19. The summed E-state index contributed by atoms with van der Waals surface area (Å²) in [6.07, 6.45) is 0.